The van der Waals surface area contributed by atoms with Gasteiger partial charge in [0.05, 0.1) is 0 Å². The molecule has 29 heavy (non-hydrogen) atoms. The van der Waals surface area contributed by atoms with Gasteiger partial charge in [0.1, 0.15) is 12.3 Å². The van der Waals surface area contributed by atoms with Crippen molar-refractivity contribution >= 4 is 0 Å². The van der Waals surface area contributed by atoms with Crippen molar-refractivity contribution in [2.45, 2.75) is 124 Å². The Hall–Kier alpha value is -0.140. The van der Waals surface area contributed by atoms with E-state index in [-0.39, 0.29) is 11.8 Å². The monoisotopic (exact) mass is 410 g/mol. The van der Waals surface area contributed by atoms with Crippen LogP contribution in [0.2, 0.25) is 0 Å². The number of rotatable bonds is 7. The molecule has 0 spiro atoms. The van der Waals surface area contributed by atoms with Gasteiger partial charge in [0, 0.05) is 0 Å². The molecule has 0 nitrogen and oxygen atoms in total. The van der Waals surface area contributed by atoms with E-state index in [0.717, 1.165) is 62.2 Å². The number of alkyl halides is 2. The molecule has 0 aromatic carbocycles. The highest BCUT2D eigenvalue weighted by molar-refractivity contribution is 4.95. The lowest BCUT2D eigenvalue weighted by Gasteiger charge is -2.45. The van der Waals surface area contributed by atoms with E-state index in [1.54, 1.807) is 0 Å². The molecule has 0 aromatic rings. The van der Waals surface area contributed by atoms with Gasteiger partial charge in [0.15, 0.2) is 0 Å². The van der Waals surface area contributed by atoms with E-state index in [2.05, 4.69) is 27.7 Å². The lowest BCUT2D eigenvalue weighted by molar-refractivity contribution is -0.0379. The van der Waals surface area contributed by atoms with Gasteiger partial charge in [-0.3, -0.25) is 0 Å². The summed E-state index contributed by atoms with van der Waals surface area (Å²) in [6, 6.07) is 0. The van der Waals surface area contributed by atoms with Gasteiger partial charge in [-0.1, -0.05) is 53.4 Å². The molecule has 0 heterocycles. The van der Waals surface area contributed by atoms with Crippen LogP contribution in [-0.4, -0.2) is 12.3 Å². The molecule has 3 rings (SSSR count). The minimum absolute atomic E-state index is 0.000421. The molecule has 0 radical (unpaired) electrons. The third-order valence-corrected chi connectivity index (χ3v) is 9.35. The van der Waals surface area contributed by atoms with Crippen LogP contribution in [-0.2, 0) is 0 Å². The number of hydrogen-bond donors (Lipinski definition) is 0. The minimum Gasteiger partial charge on any atom is -0.244 e. The first-order valence-electron chi connectivity index (χ1n) is 13.2. The zero-order valence-electron chi connectivity index (χ0n) is 19.7. The Morgan fingerprint density at radius 3 is 1.62 bits per heavy atom. The van der Waals surface area contributed by atoms with Crippen LogP contribution in [0, 0.1) is 47.3 Å². The third-order valence-electron chi connectivity index (χ3n) is 9.35. The Labute approximate surface area is 180 Å². The van der Waals surface area contributed by atoms with Crippen LogP contribution in [0.25, 0.3) is 0 Å². The van der Waals surface area contributed by atoms with Crippen molar-refractivity contribution in [2.24, 2.45) is 47.3 Å². The maximum Gasteiger partial charge on any atom is 0.134 e. The van der Waals surface area contributed by atoms with E-state index in [4.69, 9.17) is 0 Å². The molecule has 0 saturated heterocycles. The standard InChI is InChI=1S/C27H48F2/c1-5-20(9-6-18(2)3)21-12-14-23(15-13-21)25-17-16-24(26(28)27(25)29)22-10-7-19(4)8-11-22/h18-27H,5-17H2,1-4H3. The predicted molar refractivity (Wildman–Crippen MR) is 120 cm³/mol. The summed E-state index contributed by atoms with van der Waals surface area (Å²) in [5, 5.41) is 0. The van der Waals surface area contributed by atoms with Gasteiger partial charge in [0.25, 0.3) is 0 Å². The molecule has 0 N–H and O–H groups in total. The lowest BCUT2D eigenvalue weighted by Crippen LogP contribution is -2.45. The summed E-state index contributed by atoms with van der Waals surface area (Å²) >= 11 is 0. The molecule has 3 aliphatic rings. The molecule has 3 saturated carbocycles. The summed E-state index contributed by atoms with van der Waals surface area (Å²) in [6.07, 6.45) is 13.0. The van der Waals surface area contributed by atoms with Crippen molar-refractivity contribution in [3.63, 3.8) is 0 Å². The van der Waals surface area contributed by atoms with Crippen LogP contribution < -0.4 is 0 Å². The minimum atomic E-state index is -1.20. The highest BCUT2D eigenvalue weighted by Crippen LogP contribution is 2.49. The molecule has 0 aliphatic heterocycles. The molecule has 5 atom stereocenters. The molecule has 2 heteroatoms. The highest BCUT2D eigenvalue weighted by Gasteiger charge is 2.46. The highest BCUT2D eigenvalue weighted by atomic mass is 19.2. The predicted octanol–water partition coefficient (Wildman–Crippen LogP) is 8.78. The Kier molecular flexibility index (Phi) is 8.87. The molecule has 5 unspecified atom stereocenters. The average Bonchev–Trinajstić information content (AvgIpc) is 2.72. The summed E-state index contributed by atoms with van der Waals surface area (Å²) in [6.45, 7) is 9.29. The summed E-state index contributed by atoms with van der Waals surface area (Å²) in [5.74, 6) is 4.14. The molecule has 0 bridgehead atoms. The summed E-state index contributed by atoms with van der Waals surface area (Å²) in [5.41, 5.74) is 0. The van der Waals surface area contributed by atoms with Gasteiger partial charge in [-0.05, 0) is 105 Å². The van der Waals surface area contributed by atoms with Gasteiger partial charge in [-0.15, -0.1) is 0 Å². The lowest BCUT2D eigenvalue weighted by atomic mass is 9.62. The van der Waals surface area contributed by atoms with Crippen molar-refractivity contribution in [3.05, 3.63) is 0 Å². The number of halogens is 2. The van der Waals surface area contributed by atoms with Crippen LogP contribution in [0.1, 0.15) is 111 Å². The zero-order chi connectivity index (χ0) is 21.0. The first-order chi connectivity index (χ1) is 13.9. The fourth-order valence-electron chi connectivity index (χ4n) is 7.25. The second-order valence-corrected chi connectivity index (χ2v) is 11.6. The van der Waals surface area contributed by atoms with Gasteiger partial charge in [0.2, 0.25) is 0 Å². The van der Waals surface area contributed by atoms with Gasteiger partial charge < -0.3 is 0 Å². The zero-order valence-corrected chi connectivity index (χ0v) is 19.7. The summed E-state index contributed by atoms with van der Waals surface area (Å²) in [4.78, 5) is 0. The van der Waals surface area contributed by atoms with Crippen molar-refractivity contribution in [3.8, 4) is 0 Å². The van der Waals surface area contributed by atoms with Crippen LogP contribution in [0.4, 0.5) is 8.78 Å². The summed E-state index contributed by atoms with van der Waals surface area (Å²) < 4.78 is 30.5. The maximum absolute atomic E-state index is 15.3. The van der Waals surface area contributed by atoms with Crippen LogP contribution in [0.15, 0.2) is 0 Å². The van der Waals surface area contributed by atoms with Crippen molar-refractivity contribution in [1.29, 1.82) is 0 Å². The first kappa shape index (κ1) is 23.5. The fraction of sp³-hybridized carbons (Fsp3) is 1.00. The van der Waals surface area contributed by atoms with Crippen molar-refractivity contribution in [2.75, 3.05) is 0 Å². The van der Waals surface area contributed by atoms with Crippen molar-refractivity contribution in [1.82, 2.24) is 0 Å². The van der Waals surface area contributed by atoms with E-state index < -0.39 is 12.3 Å². The van der Waals surface area contributed by atoms with E-state index >= 15 is 8.78 Å². The van der Waals surface area contributed by atoms with E-state index in [0.29, 0.717) is 11.8 Å². The van der Waals surface area contributed by atoms with Crippen molar-refractivity contribution < 1.29 is 8.78 Å². The SMILES string of the molecule is CCC(CCC(C)C)C1CCC(C2CCC(C3CCC(C)CC3)C(F)C2F)CC1. The molecule has 0 aromatic heterocycles. The fourth-order valence-corrected chi connectivity index (χ4v) is 7.25. The summed E-state index contributed by atoms with van der Waals surface area (Å²) in [7, 11) is 0. The molecule has 170 valence electrons. The second-order valence-electron chi connectivity index (χ2n) is 11.6. The van der Waals surface area contributed by atoms with E-state index in [1.807, 2.05) is 0 Å². The average molecular weight is 411 g/mol. The quantitative estimate of drug-likeness (QED) is 0.393. The van der Waals surface area contributed by atoms with Crippen LogP contribution in [0.3, 0.4) is 0 Å². The largest absolute Gasteiger partial charge is 0.244 e. The van der Waals surface area contributed by atoms with Crippen LogP contribution in [0.5, 0.6) is 0 Å². The Bertz CT molecular complexity index is 459. The molecule has 3 aliphatic carbocycles. The molecular weight excluding hydrogens is 362 g/mol. The second kappa shape index (κ2) is 10.9. The molecule has 3 fully saturated rings. The van der Waals surface area contributed by atoms with E-state index in [1.165, 1.54) is 44.9 Å². The first-order valence-corrected chi connectivity index (χ1v) is 13.2. The maximum atomic E-state index is 15.3. The topological polar surface area (TPSA) is 0 Å². The Balaban J connectivity index is 1.48. The smallest absolute Gasteiger partial charge is 0.134 e. The van der Waals surface area contributed by atoms with Gasteiger partial charge in [-0.2, -0.15) is 0 Å². The Morgan fingerprint density at radius 2 is 1.17 bits per heavy atom. The third kappa shape index (κ3) is 5.97. The normalized spacial score (nSPS) is 42.7. The van der Waals surface area contributed by atoms with Gasteiger partial charge >= 0.3 is 0 Å². The molecule has 0 amide bonds. The van der Waals surface area contributed by atoms with E-state index in [9.17, 15) is 0 Å². The number of hydrogen-bond acceptors (Lipinski definition) is 0. The molecular formula is C27H48F2. The van der Waals surface area contributed by atoms with Crippen LogP contribution >= 0.6 is 0 Å². The van der Waals surface area contributed by atoms with Gasteiger partial charge in [-0.25, -0.2) is 8.78 Å². The Morgan fingerprint density at radius 1 is 0.690 bits per heavy atom.